The molecule has 1 unspecified atom stereocenters. The van der Waals surface area contributed by atoms with Gasteiger partial charge in [0.05, 0.1) is 11.3 Å². The molecule has 0 N–H and O–H groups in total. The van der Waals surface area contributed by atoms with Gasteiger partial charge in [0.25, 0.3) is 0 Å². The van der Waals surface area contributed by atoms with E-state index < -0.39 is 11.7 Å². The molecule has 0 aliphatic carbocycles. The molecule has 1 aromatic carbocycles. The molecule has 0 bridgehead atoms. The Kier molecular flexibility index (Phi) is 3.71. The van der Waals surface area contributed by atoms with Gasteiger partial charge < -0.3 is 13.9 Å². The fraction of sp³-hybridized carbons (Fsp3) is 0.412. The first kappa shape index (κ1) is 14.9. The van der Waals surface area contributed by atoms with Gasteiger partial charge in [-0.05, 0) is 36.1 Å². The third-order valence-corrected chi connectivity index (χ3v) is 5.06. The van der Waals surface area contributed by atoms with E-state index in [2.05, 4.69) is 9.88 Å². The second-order valence-electron chi connectivity index (χ2n) is 6.16. The van der Waals surface area contributed by atoms with Crippen LogP contribution in [0.3, 0.4) is 0 Å². The summed E-state index contributed by atoms with van der Waals surface area (Å²) in [6.07, 6.45) is 5.19. The summed E-state index contributed by atoms with van der Waals surface area (Å²) < 4.78 is 11.2. The zero-order valence-corrected chi connectivity index (χ0v) is 13.3. The van der Waals surface area contributed by atoms with E-state index in [1.165, 1.54) is 6.39 Å². The molecule has 0 radical (unpaired) electrons. The first-order valence-corrected chi connectivity index (χ1v) is 8.10. The quantitative estimate of drug-likeness (QED) is 0.808. The molecule has 1 aromatic heterocycles. The van der Waals surface area contributed by atoms with Crippen LogP contribution in [0.5, 0.6) is 0 Å². The number of oxazole rings is 1. The van der Waals surface area contributed by atoms with Gasteiger partial charge in [-0.15, -0.1) is 0 Å². The van der Waals surface area contributed by atoms with Crippen molar-refractivity contribution in [3.8, 4) is 0 Å². The number of carbonyl (C=O) groups excluding carboxylic acids is 1. The highest BCUT2D eigenvalue weighted by Gasteiger charge is 2.46. The van der Waals surface area contributed by atoms with Crippen LogP contribution in [0.25, 0.3) is 0 Å². The number of ether oxygens (including phenoxy) is 1. The number of rotatable bonds is 3. The first-order chi connectivity index (χ1) is 11.2. The Labute approximate surface area is 139 Å². The van der Waals surface area contributed by atoms with Crippen molar-refractivity contribution in [3.63, 3.8) is 0 Å². The van der Waals surface area contributed by atoms with Gasteiger partial charge in [-0.1, -0.05) is 17.7 Å². The van der Waals surface area contributed by atoms with Crippen molar-refractivity contribution in [1.82, 2.24) is 9.88 Å². The normalized spacial score (nSPS) is 23.1. The molecule has 1 saturated heterocycles. The summed E-state index contributed by atoms with van der Waals surface area (Å²) in [5.74, 6) is 0. The smallest absolute Gasteiger partial charge is 0.180 e. The van der Waals surface area contributed by atoms with E-state index in [9.17, 15) is 4.79 Å². The van der Waals surface area contributed by atoms with E-state index in [4.69, 9.17) is 20.8 Å². The number of carbonyl (C=O) groups is 1. The van der Waals surface area contributed by atoms with Crippen LogP contribution in [-0.2, 0) is 21.7 Å². The van der Waals surface area contributed by atoms with Crippen LogP contribution in [0.1, 0.15) is 35.8 Å². The molecule has 5 nitrogen and oxygen atoms in total. The maximum atomic E-state index is 11.4. The monoisotopic (exact) mass is 332 g/mol. The Morgan fingerprint density at radius 1 is 1.39 bits per heavy atom. The molecular formula is C17H17ClN2O3. The van der Waals surface area contributed by atoms with Crippen molar-refractivity contribution in [2.45, 2.75) is 31.1 Å². The summed E-state index contributed by atoms with van der Waals surface area (Å²) in [6.45, 7) is 2.53. The molecule has 4 rings (SSSR count). The molecule has 0 amide bonds. The number of aromatic nitrogens is 1. The number of nitrogens with zero attached hydrogens (tertiary/aromatic N) is 2. The van der Waals surface area contributed by atoms with Crippen LogP contribution in [0.15, 0.2) is 35.3 Å². The van der Waals surface area contributed by atoms with Crippen molar-refractivity contribution in [1.29, 1.82) is 0 Å². The lowest BCUT2D eigenvalue weighted by atomic mass is 9.83. The second kappa shape index (κ2) is 5.74. The fourth-order valence-corrected chi connectivity index (χ4v) is 3.82. The van der Waals surface area contributed by atoms with Gasteiger partial charge >= 0.3 is 0 Å². The molecule has 1 fully saturated rings. The largest absolute Gasteiger partial charge is 0.451 e. The van der Waals surface area contributed by atoms with Crippen LogP contribution >= 0.6 is 11.6 Å². The number of likely N-dealkylation sites (tertiary alicyclic amines) is 1. The SMILES string of the molecule is O=CC1OC2(CCN(Cc3cocn3)CC2)c2cc(Cl)ccc21. The van der Waals surface area contributed by atoms with Gasteiger partial charge in [-0.2, -0.15) is 0 Å². The number of halogens is 1. The third kappa shape index (κ3) is 2.59. The molecule has 2 aliphatic heterocycles. The predicted octanol–water partition coefficient (Wildman–Crippen LogP) is 3.09. The van der Waals surface area contributed by atoms with E-state index in [0.29, 0.717) is 5.02 Å². The molecular weight excluding hydrogens is 316 g/mol. The lowest BCUT2D eigenvalue weighted by Crippen LogP contribution is -2.42. The maximum Gasteiger partial charge on any atom is 0.180 e. The number of fused-ring (bicyclic) bond motifs is 2. The highest BCUT2D eigenvalue weighted by atomic mass is 35.5. The van der Waals surface area contributed by atoms with E-state index in [-0.39, 0.29) is 0 Å². The van der Waals surface area contributed by atoms with E-state index in [1.54, 1.807) is 6.26 Å². The van der Waals surface area contributed by atoms with Gasteiger partial charge in [0.15, 0.2) is 12.7 Å². The van der Waals surface area contributed by atoms with Crippen LogP contribution in [-0.4, -0.2) is 29.3 Å². The molecule has 120 valence electrons. The number of aldehydes is 1. The molecule has 2 aliphatic rings. The van der Waals surface area contributed by atoms with E-state index in [1.807, 2.05) is 18.2 Å². The van der Waals surface area contributed by atoms with Crippen LogP contribution < -0.4 is 0 Å². The summed E-state index contributed by atoms with van der Waals surface area (Å²) >= 11 is 6.17. The minimum atomic E-state index is -0.482. The molecule has 2 aromatic rings. The Bertz CT molecular complexity index is 709. The van der Waals surface area contributed by atoms with Crippen LogP contribution in [0.4, 0.5) is 0 Å². The number of hydrogen-bond donors (Lipinski definition) is 0. The molecule has 3 heterocycles. The Balaban J connectivity index is 1.55. The lowest BCUT2D eigenvalue weighted by molar-refractivity contribution is -0.137. The number of piperidine rings is 1. The van der Waals surface area contributed by atoms with Crippen molar-refractivity contribution < 1.29 is 13.9 Å². The lowest BCUT2D eigenvalue weighted by Gasteiger charge is -2.39. The van der Waals surface area contributed by atoms with Gasteiger partial charge in [-0.3, -0.25) is 4.90 Å². The highest BCUT2D eigenvalue weighted by molar-refractivity contribution is 6.30. The topological polar surface area (TPSA) is 55.6 Å². The Hall–Kier alpha value is -1.69. The predicted molar refractivity (Wildman–Crippen MR) is 84.0 cm³/mol. The second-order valence-corrected chi connectivity index (χ2v) is 6.59. The fourth-order valence-electron chi connectivity index (χ4n) is 3.65. The standard InChI is InChI=1S/C17H17ClN2O3/c18-12-1-2-14-15(7-12)17(23-16(14)9-21)3-5-20(6-4-17)8-13-10-22-11-19-13/h1-2,7,9-11,16H,3-6,8H2. The van der Waals surface area contributed by atoms with Crippen molar-refractivity contribution in [2.24, 2.45) is 0 Å². The molecule has 0 saturated carbocycles. The molecule has 6 heteroatoms. The average molecular weight is 333 g/mol. The minimum absolute atomic E-state index is 0.397. The summed E-state index contributed by atoms with van der Waals surface area (Å²) in [6, 6.07) is 5.68. The van der Waals surface area contributed by atoms with Crippen molar-refractivity contribution >= 4 is 17.9 Å². The highest BCUT2D eigenvalue weighted by Crippen LogP contribution is 2.49. The average Bonchev–Trinajstić information content (AvgIpc) is 3.17. The van der Waals surface area contributed by atoms with Crippen LogP contribution in [0, 0.1) is 0 Å². The number of benzene rings is 1. The third-order valence-electron chi connectivity index (χ3n) is 4.82. The maximum absolute atomic E-state index is 11.4. The Morgan fingerprint density at radius 2 is 2.22 bits per heavy atom. The molecule has 1 spiro atoms. The van der Waals surface area contributed by atoms with E-state index >= 15 is 0 Å². The van der Waals surface area contributed by atoms with E-state index in [0.717, 1.165) is 55.6 Å². The van der Waals surface area contributed by atoms with Gasteiger partial charge in [0.2, 0.25) is 0 Å². The first-order valence-electron chi connectivity index (χ1n) is 7.73. The summed E-state index contributed by atoms with van der Waals surface area (Å²) in [4.78, 5) is 17.9. The minimum Gasteiger partial charge on any atom is -0.451 e. The molecule has 23 heavy (non-hydrogen) atoms. The molecule has 1 atom stereocenters. The zero-order chi connectivity index (χ0) is 15.9. The summed E-state index contributed by atoms with van der Waals surface area (Å²) in [5, 5.41) is 0.684. The van der Waals surface area contributed by atoms with Gasteiger partial charge in [0, 0.05) is 24.7 Å². The summed E-state index contributed by atoms with van der Waals surface area (Å²) in [7, 11) is 0. The van der Waals surface area contributed by atoms with Crippen molar-refractivity contribution in [2.75, 3.05) is 13.1 Å². The van der Waals surface area contributed by atoms with Crippen molar-refractivity contribution in [3.05, 3.63) is 52.7 Å². The zero-order valence-electron chi connectivity index (χ0n) is 12.6. The number of hydrogen-bond acceptors (Lipinski definition) is 5. The van der Waals surface area contributed by atoms with Crippen LogP contribution in [0.2, 0.25) is 5.02 Å². The van der Waals surface area contributed by atoms with Gasteiger partial charge in [-0.25, -0.2) is 4.98 Å². The van der Waals surface area contributed by atoms with Gasteiger partial charge in [0.1, 0.15) is 12.4 Å². The summed E-state index contributed by atoms with van der Waals surface area (Å²) in [5.41, 5.74) is 2.56. The Morgan fingerprint density at radius 3 is 2.91 bits per heavy atom.